The van der Waals surface area contributed by atoms with Crippen molar-refractivity contribution >= 4 is 11.8 Å². The van der Waals surface area contributed by atoms with Gasteiger partial charge in [-0.3, -0.25) is 4.98 Å². The molecule has 1 aromatic carbocycles. The summed E-state index contributed by atoms with van der Waals surface area (Å²) in [6.45, 7) is 1.74. The lowest BCUT2D eigenvalue weighted by Crippen LogP contribution is -2.55. The van der Waals surface area contributed by atoms with Gasteiger partial charge in [-0.25, -0.2) is 17.9 Å². The van der Waals surface area contributed by atoms with Crippen LogP contribution < -0.4 is 0 Å². The number of rotatable bonds is 7. The van der Waals surface area contributed by atoms with Crippen LogP contribution in [0, 0.1) is 17.5 Å². The van der Waals surface area contributed by atoms with Crippen LogP contribution in [-0.2, 0) is 10.9 Å². The smallest absolute Gasteiger partial charge is 0.394 e. The highest BCUT2D eigenvalue weighted by Gasteiger charge is 2.49. The molecule has 0 radical (unpaired) electrons. The molecule has 0 unspecified atom stereocenters. The molecule has 16 heteroatoms. The van der Waals surface area contributed by atoms with Crippen molar-refractivity contribution in [3.05, 3.63) is 65.4 Å². The molecular formula is C24H24F6N4O5S. The second-order valence-electron chi connectivity index (χ2n) is 9.64. The van der Waals surface area contributed by atoms with Crippen LogP contribution in [-0.4, -0.2) is 76.4 Å². The number of ether oxygens (including phenoxy) is 1. The third-order valence-corrected chi connectivity index (χ3v) is 8.01. The van der Waals surface area contributed by atoms with E-state index in [-0.39, 0.29) is 11.3 Å². The van der Waals surface area contributed by atoms with Gasteiger partial charge >= 0.3 is 6.18 Å². The van der Waals surface area contributed by atoms with Crippen LogP contribution in [0.25, 0.3) is 11.3 Å². The number of benzene rings is 1. The zero-order valence-electron chi connectivity index (χ0n) is 20.8. The van der Waals surface area contributed by atoms with Gasteiger partial charge in [0.2, 0.25) is 0 Å². The Morgan fingerprint density at radius 1 is 1.10 bits per heavy atom. The van der Waals surface area contributed by atoms with Crippen LogP contribution in [0.3, 0.4) is 0 Å². The molecule has 0 bridgehead atoms. The van der Waals surface area contributed by atoms with Crippen LogP contribution in [0.2, 0.25) is 0 Å². The first-order chi connectivity index (χ1) is 18.6. The molecule has 0 aliphatic carbocycles. The molecule has 2 aromatic heterocycles. The molecule has 4 N–H and O–H groups in total. The van der Waals surface area contributed by atoms with E-state index < -0.39 is 82.1 Å². The maximum atomic E-state index is 13.7. The Morgan fingerprint density at radius 2 is 1.75 bits per heavy atom. The number of pyridine rings is 1. The van der Waals surface area contributed by atoms with Crippen molar-refractivity contribution in [2.75, 3.05) is 6.61 Å². The molecule has 9 nitrogen and oxygen atoms in total. The number of aromatic nitrogens is 4. The number of hydrogen-bond donors (Lipinski definition) is 4. The molecule has 0 amide bonds. The van der Waals surface area contributed by atoms with Crippen molar-refractivity contribution in [1.82, 2.24) is 20.0 Å². The fraction of sp³-hybridized carbons (Fsp3) is 0.458. The van der Waals surface area contributed by atoms with Gasteiger partial charge in [-0.1, -0.05) is 11.3 Å². The summed E-state index contributed by atoms with van der Waals surface area (Å²) in [5.41, 5.74) is -5.26. The molecule has 1 aliphatic heterocycles. The molecule has 218 valence electrons. The minimum absolute atomic E-state index is 0.159. The molecule has 3 aromatic rings. The third kappa shape index (κ3) is 5.96. The first-order valence-electron chi connectivity index (χ1n) is 11.7. The van der Waals surface area contributed by atoms with Gasteiger partial charge in [0.15, 0.2) is 17.5 Å². The molecule has 1 saturated heterocycles. The lowest BCUT2D eigenvalue weighted by Gasteiger charge is -2.44. The van der Waals surface area contributed by atoms with E-state index in [0.717, 1.165) is 23.1 Å². The predicted molar refractivity (Wildman–Crippen MR) is 128 cm³/mol. The molecular weight excluding hydrogens is 570 g/mol. The number of alkyl halides is 3. The molecule has 0 spiro atoms. The van der Waals surface area contributed by atoms with Gasteiger partial charge in [0.1, 0.15) is 41.2 Å². The summed E-state index contributed by atoms with van der Waals surface area (Å²) in [7, 11) is 0. The zero-order valence-corrected chi connectivity index (χ0v) is 21.6. The highest BCUT2D eigenvalue weighted by molar-refractivity contribution is 8.00. The van der Waals surface area contributed by atoms with E-state index in [0.29, 0.717) is 23.9 Å². The fourth-order valence-corrected chi connectivity index (χ4v) is 5.84. The van der Waals surface area contributed by atoms with Gasteiger partial charge < -0.3 is 25.2 Å². The van der Waals surface area contributed by atoms with Crippen molar-refractivity contribution in [3.8, 4) is 11.3 Å². The first-order valence-corrected chi connectivity index (χ1v) is 12.7. The van der Waals surface area contributed by atoms with E-state index in [1.807, 2.05) is 0 Å². The molecule has 4 rings (SSSR count). The van der Waals surface area contributed by atoms with E-state index >= 15 is 0 Å². The standard InChI is InChI=1S/C24H24F6N4O5S/c1-23(2,38)21(11-4-3-5-31-20(11)24(28,29)30)40-22-19(37)17(18(36)15(9-35)39-22)34-8-14(32-33-34)10-6-12(25)16(27)13(26)7-10/h3-8,15,17-19,21-22,35-38H,9H2,1-2H3/t15-,17+,18+,19-,21+,22+/m1/s1. The second-order valence-corrected chi connectivity index (χ2v) is 10.9. The van der Waals surface area contributed by atoms with E-state index in [1.54, 1.807) is 0 Å². The summed E-state index contributed by atoms with van der Waals surface area (Å²) < 4.78 is 88.6. The van der Waals surface area contributed by atoms with E-state index in [2.05, 4.69) is 15.3 Å². The van der Waals surface area contributed by atoms with Crippen LogP contribution in [0.5, 0.6) is 0 Å². The first kappa shape index (κ1) is 30.2. The summed E-state index contributed by atoms with van der Waals surface area (Å²) in [6.07, 6.45) is -7.53. The molecule has 40 heavy (non-hydrogen) atoms. The van der Waals surface area contributed by atoms with E-state index in [4.69, 9.17) is 4.74 Å². The maximum absolute atomic E-state index is 13.7. The van der Waals surface area contributed by atoms with E-state index in [1.165, 1.54) is 19.9 Å². The van der Waals surface area contributed by atoms with Crippen LogP contribution in [0.15, 0.2) is 36.7 Å². The fourth-order valence-electron chi connectivity index (χ4n) is 4.37. The summed E-state index contributed by atoms with van der Waals surface area (Å²) in [4.78, 5) is 3.42. The van der Waals surface area contributed by atoms with Gasteiger partial charge in [0.05, 0.1) is 23.7 Å². The van der Waals surface area contributed by atoms with Gasteiger partial charge in [-0.15, -0.1) is 16.9 Å². The number of thioether (sulfide) groups is 1. The van der Waals surface area contributed by atoms with Crippen molar-refractivity contribution in [2.45, 2.75) is 60.7 Å². The molecule has 3 heterocycles. The summed E-state index contributed by atoms with van der Waals surface area (Å²) in [5, 5.41) is 48.8. The van der Waals surface area contributed by atoms with Crippen molar-refractivity contribution < 1.29 is 51.5 Å². The Morgan fingerprint density at radius 3 is 2.33 bits per heavy atom. The number of halogens is 6. The van der Waals surface area contributed by atoms with Gasteiger partial charge in [0.25, 0.3) is 0 Å². The van der Waals surface area contributed by atoms with E-state index in [9.17, 15) is 46.8 Å². The van der Waals surface area contributed by atoms with Gasteiger partial charge in [0, 0.05) is 11.8 Å². The van der Waals surface area contributed by atoms with Gasteiger partial charge in [-0.2, -0.15) is 13.2 Å². The van der Waals surface area contributed by atoms with Crippen molar-refractivity contribution in [1.29, 1.82) is 0 Å². The molecule has 0 saturated carbocycles. The Labute approximate surface area is 227 Å². The normalized spacial score (nSPS) is 24.8. The largest absolute Gasteiger partial charge is 0.433 e. The molecule has 1 aliphatic rings. The maximum Gasteiger partial charge on any atom is 0.433 e. The van der Waals surface area contributed by atoms with Gasteiger partial charge in [-0.05, 0) is 37.6 Å². The van der Waals surface area contributed by atoms with Crippen molar-refractivity contribution in [3.63, 3.8) is 0 Å². The zero-order chi connectivity index (χ0) is 29.6. The average Bonchev–Trinajstić information content (AvgIpc) is 3.35. The SMILES string of the molecule is CC(C)(O)[C@@H](S[C@@H]1O[C@H](CO)[C@H](O)[C@H](n2cc(-c3cc(F)c(F)c(F)c3)nn2)[C@H]1O)c1cccnc1C(F)(F)F. The van der Waals surface area contributed by atoms with Crippen LogP contribution in [0.1, 0.15) is 36.4 Å². The number of nitrogens with zero attached hydrogens (tertiary/aromatic N) is 4. The third-order valence-electron chi connectivity index (χ3n) is 6.25. The average molecular weight is 595 g/mol. The lowest BCUT2D eigenvalue weighted by molar-refractivity contribution is -0.179. The molecule has 6 atom stereocenters. The minimum Gasteiger partial charge on any atom is -0.394 e. The summed E-state index contributed by atoms with van der Waals surface area (Å²) in [6, 6.07) is 2.29. The highest BCUT2D eigenvalue weighted by atomic mass is 32.2. The Bertz CT molecular complexity index is 1330. The minimum atomic E-state index is -4.87. The monoisotopic (exact) mass is 594 g/mol. The number of hydrogen-bond acceptors (Lipinski definition) is 9. The molecule has 1 fully saturated rings. The van der Waals surface area contributed by atoms with Crippen molar-refractivity contribution in [2.24, 2.45) is 0 Å². The lowest BCUT2D eigenvalue weighted by atomic mass is 9.96. The Kier molecular flexibility index (Phi) is 8.50. The topological polar surface area (TPSA) is 134 Å². The summed E-state index contributed by atoms with van der Waals surface area (Å²) >= 11 is 0.606. The van der Waals surface area contributed by atoms with Crippen LogP contribution in [0.4, 0.5) is 26.3 Å². The Balaban J connectivity index is 1.70. The quantitative estimate of drug-likeness (QED) is 0.241. The highest BCUT2D eigenvalue weighted by Crippen LogP contribution is 2.48. The number of aliphatic hydroxyl groups excluding tert-OH is 3. The second kappa shape index (κ2) is 11.3. The summed E-state index contributed by atoms with van der Waals surface area (Å²) in [5.74, 6) is -4.67. The van der Waals surface area contributed by atoms with Crippen LogP contribution >= 0.6 is 11.8 Å². The predicted octanol–water partition coefficient (Wildman–Crippen LogP) is 3.00. The number of aliphatic hydroxyl groups is 4. The Hall–Kier alpha value is -2.76.